The minimum atomic E-state index is -0.552. The first kappa shape index (κ1) is 18.4. The summed E-state index contributed by atoms with van der Waals surface area (Å²) >= 11 is 1.35. The molecule has 0 spiro atoms. The van der Waals surface area contributed by atoms with Crippen molar-refractivity contribution in [2.45, 2.75) is 25.3 Å². The molecule has 0 atom stereocenters. The molecule has 8 nitrogen and oxygen atoms in total. The molecule has 1 aliphatic carbocycles. The Morgan fingerprint density at radius 3 is 2.38 bits per heavy atom. The Bertz CT molecular complexity index is 679. The van der Waals surface area contributed by atoms with E-state index in [0.717, 1.165) is 12.8 Å². The van der Waals surface area contributed by atoms with E-state index in [0.29, 0.717) is 31.1 Å². The maximum Gasteiger partial charge on any atom is 0.312 e. The quantitative estimate of drug-likeness (QED) is 0.694. The Balaban J connectivity index is 1.35. The number of carbonyl (C=O) groups is 4. The molecule has 1 aliphatic heterocycles. The molecule has 26 heavy (non-hydrogen) atoms. The average Bonchev–Trinajstić information content (AvgIpc) is 3.29. The van der Waals surface area contributed by atoms with Gasteiger partial charge in [0.2, 0.25) is 5.91 Å². The standard InChI is InChI=1S/C17H22N4O4S/c22-14(5-6-18-15(23)13-2-1-11-26-13)20-7-9-21(10-8-20)17(25)16(24)19-12-3-4-12/h1-2,11-12H,3-10H2,(H,18,23)(H,19,24). The van der Waals surface area contributed by atoms with Crippen molar-refractivity contribution in [3.05, 3.63) is 22.4 Å². The van der Waals surface area contributed by atoms with Gasteiger partial charge in [-0.2, -0.15) is 0 Å². The summed E-state index contributed by atoms with van der Waals surface area (Å²) in [5.74, 6) is -1.31. The lowest BCUT2D eigenvalue weighted by atomic mass is 10.2. The number of hydrogen-bond donors (Lipinski definition) is 2. The second kappa shape index (κ2) is 8.31. The molecule has 2 heterocycles. The lowest BCUT2D eigenvalue weighted by molar-refractivity contribution is -0.148. The molecule has 2 fully saturated rings. The Morgan fingerprint density at radius 2 is 1.77 bits per heavy atom. The van der Waals surface area contributed by atoms with E-state index in [1.807, 2.05) is 5.38 Å². The van der Waals surface area contributed by atoms with Gasteiger partial charge in [-0.25, -0.2) is 0 Å². The summed E-state index contributed by atoms with van der Waals surface area (Å²) in [6, 6.07) is 3.69. The average molecular weight is 378 g/mol. The minimum Gasteiger partial charge on any atom is -0.351 e. The third-order valence-electron chi connectivity index (χ3n) is 4.40. The van der Waals surface area contributed by atoms with Crippen molar-refractivity contribution in [1.29, 1.82) is 0 Å². The monoisotopic (exact) mass is 378 g/mol. The van der Waals surface area contributed by atoms with Gasteiger partial charge in [0.25, 0.3) is 5.91 Å². The van der Waals surface area contributed by atoms with Crippen LogP contribution in [0.1, 0.15) is 28.9 Å². The van der Waals surface area contributed by atoms with E-state index in [1.165, 1.54) is 16.2 Å². The molecule has 140 valence electrons. The van der Waals surface area contributed by atoms with Gasteiger partial charge < -0.3 is 20.4 Å². The number of thiophene rings is 1. The van der Waals surface area contributed by atoms with Gasteiger partial charge in [0.1, 0.15) is 0 Å². The number of nitrogens with one attached hydrogen (secondary N) is 2. The van der Waals surface area contributed by atoms with Gasteiger partial charge >= 0.3 is 11.8 Å². The van der Waals surface area contributed by atoms with Crippen LogP contribution in [0, 0.1) is 0 Å². The number of nitrogens with zero attached hydrogens (tertiary/aromatic N) is 2. The first-order valence-corrected chi connectivity index (χ1v) is 9.62. The van der Waals surface area contributed by atoms with Gasteiger partial charge in [0, 0.05) is 45.2 Å². The minimum absolute atomic E-state index is 0.0639. The van der Waals surface area contributed by atoms with Crippen molar-refractivity contribution in [2.75, 3.05) is 32.7 Å². The summed E-state index contributed by atoms with van der Waals surface area (Å²) in [5, 5.41) is 7.24. The maximum absolute atomic E-state index is 12.2. The summed E-state index contributed by atoms with van der Waals surface area (Å²) < 4.78 is 0. The summed E-state index contributed by atoms with van der Waals surface area (Å²) in [6.45, 7) is 1.78. The van der Waals surface area contributed by atoms with E-state index < -0.39 is 11.8 Å². The predicted octanol–water partition coefficient (Wildman–Crippen LogP) is -0.183. The van der Waals surface area contributed by atoms with Gasteiger partial charge in [0.15, 0.2) is 0 Å². The smallest absolute Gasteiger partial charge is 0.312 e. The fourth-order valence-corrected chi connectivity index (χ4v) is 3.35. The van der Waals surface area contributed by atoms with Crippen molar-refractivity contribution in [3.63, 3.8) is 0 Å². The second-order valence-electron chi connectivity index (χ2n) is 6.40. The topological polar surface area (TPSA) is 98.8 Å². The lowest BCUT2D eigenvalue weighted by Crippen LogP contribution is -2.54. The molecule has 1 saturated heterocycles. The van der Waals surface area contributed by atoms with Gasteiger partial charge in [-0.1, -0.05) is 6.07 Å². The highest BCUT2D eigenvalue weighted by molar-refractivity contribution is 7.12. The third-order valence-corrected chi connectivity index (χ3v) is 5.26. The molecular formula is C17H22N4O4S. The van der Waals surface area contributed by atoms with Crippen LogP contribution in [-0.4, -0.2) is 72.2 Å². The Labute approximate surface area is 155 Å². The van der Waals surface area contributed by atoms with E-state index in [4.69, 9.17) is 0 Å². The zero-order valence-electron chi connectivity index (χ0n) is 14.4. The number of amides is 4. The first-order chi connectivity index (χ1) is 12.5. The van der Waals surface area contributed by atoms with Crippen LogP contribution in [0.15, 0.2) is 17.5 Å². The van der Waals surface area contributed by atoms with Crippen molar-refractivity contribution >= 4 is 35.0 Å². The van der Waals surface area contributed by atoms with Crippen LogP contribution in [0.3, 0.4) is 0 Å². The largest absolute Gasteiger partial charge is 0.351 e. The molecular weight excluding hydrogens is 356 g/mol. The fraction of sp³-hybridized carbons (Fsp3) is 0.529. The Morgan fingerprint density at radius 1 is 1.08 bits per heavy atom. The summed E-state index contributed by atoms with van der Waals surface area (Å²) in [5.41, 5.74) is 0. The van der Waals surface area contributed by atoms with Crippen LogP contribution in [0.4, 0.5) is 0 Å². The number of rotatable bonds is 5. The highest BCUT2D eigenvalue weighted by Gasteiger charge is 2.31. The molecule has 0 bridgehead atoms. The zero-order chi connectivity index (χ0) is 18.5. The summed E-state index contributed by atoms with van der Waals surface area (Å²) in [7, 11) is 0. The van der Waals surface area contributed by atoms with Crippen LogP contribution in [0.5, 0.6) is 0 Å². The fourth-order valence-electron chi connectivity index (χ4n) is 2.71. The maximum atomic E-state index is 12.2. The molecule has 3 rings (SSSR count). The molecule has 2 aliphatic rings. The molecule has 2 N–H and O–H groups in total. The third kappa shape index (κ3) is 4.81. The molecule has 1 aromatic heterocycles. The molecule has 0 unspecified atom stereocenters. The highest BCUT2D eigenvalue weighted by Crippen LogP contribution is 2.18. The van der Waals surface area contributed by atoms with E-state index in [-0.39, 0.29) is 30.8 Å². The van der Waals surface area contributed by atoms with E-state index in [9.17, 15) is 19.2 Å². The van der Waals surface area contributed by atoms with Crippen LogP contribution in [0.25, 0.3) is 0 Å². The number of piperazine rings is 1. The van der Waals surface area contributed by atoms with Crippen LogP contribution in [0.2, 0.25) is 0 Å². The molecule has 9 heteroatoms. The predicted molar refractivity (Wildman–Crippen MR) is 95.6 cm³/mol. The molecule has 1 aromatic rings. The van der Waals surface area contributed by atoms with Crippen LogP contribution < -0.4 is 10.6 Å². The van der Waals surface area contributed by atoms with Crippen molar-refractivity contribution < 1.29 is 19.2 Å². The normalized spacial score (nSPS) is 16.9. The van der Waals surface area contributed by atoms with Crippen molar-refractivity contribution in [2.24, 2.45) is 0 Å². The summed E-state index contributed by atoms with van der Waals surface area (Å²) in [4.78, 5) is 51.7. The zero-order valence-corrected chi connectivity index (χ0v) is 15.2. The number of carbonyl (C=O) groups excluding carboxylic acids is 4. The van der Waals surface area contributed by atoms with Crippen LogP contribution in [-0.2, 0) is 14.4 Å². The number of hydrogen-bond acceptors (Lipinski definition) is 5. The van der Waals surface area contributed by atoms with Gasteiger partial charge in [-0.15, -0.1) is 11.3 Å². The molecule has 0 aromatic carbocycles. The molecule has 0 radical (unpaired) electrons. The summed E-state index contributed by atoms with van der Waals surface area (Å²) in [6.07, 6.45) is 2.09. The first-order valence-electron chi connectivity index (χ1n) is 8.74. The van der Waals surface area contributed by atoms with E-state index in [2.05, 4.69) is 10.6 Å². The lowest BCUT2D eigenvalue weighted by Gasteiger charge is -2.34. The highest BCUT2D eigenvalue weighted by atomic mass is 32.1. The molecule has 1 saturated carbocycles. The van der Waals surface area contributed by atoms with Gasteiger partial charge in [0.05, 0.1) is 4.88 Å². The van der Waals surface area contributed by atoms with E-state index in [1.54, 1.807) is 17.0 Å². The Kier molecular flexibility index (Phi) is 5.87. The van der Waals surface area contributed by atoms with Crippen molar-refractivity contribution in [1.82, 2.24) is 20.4 Å². The molecule has 4 amide bonds. The van der Waals surface area contributed by atoms with Gasteiger partial charge in [-0.3, -0.25) is 19.2 Å². The Hall–Kier alpha value is -2.42. The van der Waals surface area contributed by atoms with Gasteiger partial charge in [-0.05, 0) is 24.3 Å². The van der Waals surface area contributed by atoms with Crippen molar-refractivity contribution in [3.8, 4) is 0 Å². The SMILES string of the molecule is O=C(NC1CC1)C(=O)N1CCN(C(=O)CCNC(=O)c2cccs2)CC1. The van der Waals surface area contributed by atoms with E-state index >= 15 is 0 Å². The van der Waals surface area contributed by atoms with Crippen LogP contribution >= 0.6 is 11.3 Å². The second-order valence-corrected chi connectivity index (χ2v) is 7.35.